The number of anilines is 1. The molecule has 0 saturated carbocycles. The molecule has 3 rings (SSSR count). The van der Waals surface area contributed by atoms with E-state index in [0.29, 0.717) is 13.2 Å². The molecule has 9 heteroatoms. The van der Waals surface area contributed by atoms with Crippen molar-refractivity contribution in [3.8, 4) is 5.75 Å². The highest BCUT2D eigenvalue weighted by molar-refractivity contribution is 7.91. The lowest BCUT2D eigenvalue weighted by Crippen LogP contribution is -3.16. The van der Waals surface area contributed by atoms with Gasteiger partial charge >= 0.3 is 0 Å². The number of ether oxygens (including phenoxy) is 1. The fourth-order valence-electron chi connectivity index (χ4n) is 3.66. The first-order valence-corrected chi connectivity index (χ1v) is 11.6. The molecule has 0 unspecified atom stereocenters. The van der Waals surface area contributed by atoms with Crippen molar-refractivity contribution >= 4 is 33.0 Å². The molecule has 7 nitrogen and oxygen atoms in total. The molecule has 0 radical (unpaired) electrons. The summed E-state index contributed by atoms with van der Waals surface area (Å²) in [5.74, 6) is 0.617. The molecule has 0 aliphatic carbocycles. The molecule has 1 aromatic carbocycles. The number of para-hydroxylation sites is 2. The zero-order valence-corrected chi connectivity index (χ0v) is 17.1. The first-order chi connectivity index (χ1) is 12.9. The Balaban J connectivity index is 1.49. The summed E-state index contributed by atoms with van der Waals surface area (Å²) in [5, 5.41) is 2.25. The maximum absolute atomic E-state index is 12.3. The average molecular weight is 417 g/mol. The van der Waals surface area contributed by atoms with E-state index in [2.05, 4.69) is 16.3 Å². The molecule has 150 valence electrons. The number of benzene rings is 1. The number of amides is 1. The number of nitrogens with zero attached hydrogens (tertiary/aromatic N) is 1. The fourth-order valence-corrected chi connectivity index (χ4v) is 6.21. The summed E-state index contributed by atoms with van der Waals surface area (Å²) in [6, 6.07) is 7.52. The predicted molar refractivity (Wildman–Crippen MR) is 106 cm³/mol. The van der Waals surface area contributed by atoms with E-state index < -0.39 is 21.3 Å². The van der Waals surface area contributed by atoms with Crippen LogP contribution in [0.1, 0.15) is 6.92 Å². The van der Waals surface area contributed by atoms with Crippen LogP contribution >= 0.6 is 11.6 Å². The van der Waals surface area contributed by atoms with Crippen molar-refractivity contribution < 1.29 is 22.8 Å². The second kappa shape index (κ2) is 8.67. The monoisotopic (exact) mass is 416 g/mol. The highest BCUT2D eigenvalue weighted by Gasteiger charge is 2.37. The summed E-state index contributed by atoms with van der Waals surface area (Å²) < 4.78 is 28.9. The number of alkyl halides is 1. The van der Waals surface area contributed by atoms with Gasteiger partial charge in [0.05, 0.1) is 61.4 Å². The third-order valence-corrected chi connectivity index (χ3v) is 7.39. The second-order valence-electron chi connectivity index (χ2n) is 7.08. The van der Waals surface area contributed by atoms with Gasteiger partial charge in [-0.1, -0.05) is 12.1 Å². The lowest BCUT2D eigenvalue weighted by molar-refractivity contribution is -0.892. The van der Waals surface area contributed by atoms with Gasteiger partial charge in [-0.2, -0.15) is 0 Å². The molecule has 27 heavy (non-hydrogen) atoms. The van der Waals surface area contributed by atoms with Crippen molar-refractivity contribution in [2.24, 2.45) is 0 Å². The summed E-state index contributed by atoms with van der Waals surface area (Å²) >= 11 is 6.06. The standard InChI is InChI=1S/C18H26ClN3O4S/c1-2-26-17-6-4-3-5-16(17)22-9-7-21(8-10-22)11-18(23)20-15-13-27(24,25)12-14(15)19/h3-6,14-15H,2,7-13H2,1H3,(H,20,23)/p+1/t14-,15+/m1/s1. The minimum Gasteiger partial charge on any atom is -0.492 e. The van der Waals surface area contributed by atoms with Crippen LogP contribution in [0.25, 0.3) is 0 Å². The Hall–Kier alpha value is -1.51. The van der Waals surface area contributed by atoms with Crippen LogP contribution in [0, 0.1) is 0 Å². The molecule has 1 aromatic rings. The van der Waals surface area contributed by atoms with E-state index in [1.165, 1.54) is 4.90 Å². The van der Waals surface area contributed by atoms with Crippen molar-refractivity contribution in [2.45, 2.75) is 18.3 Å². The Kier molecular flexibility index (Phi) is 6.49. The van der Waals surface area contributed by atoms with Gasteiger partial charge < -0.3 is 19.9 Å². The molecule has 2 aliphatic rings. The maximum atomic E-state index is 12.3. The molecule has 2 atom stereocenters. The molecule has 2 N–H and O–H groups in total. The van der Waals surface area contributed by atoms with Gasteiger partial charge in [-0.3, -0.25) is 4.79 Å². The summed E-state index contributed by atoms with van der Waals surface area (Å²) in [7, 11) is -3.14. The van der Waals surface area contributed by atoms with Crippen LogP contribution in [0.15, 0.2) is 24.3 Å². The van der Waals surface area contributed by atoms with Gasteiger partial charge in [0.15, 0.2) is 16.4 Å². The summed E-state index contributed by atoms with van der Waals surface area (Å²) in [4.78, 5) is 15.8. The number of carbonyl (C=O) groups excluding carboxylic acids is 1. The Morgan fingerprint density at radius 1 is 1.30 bits per heavy atom. The van der Waals surface area contributed by atoms with Gasteiger partial charge in [-0.15, -0.1) is 11.6 Å². The van der Waals surface area contributed by atoms with Crippen LogP contribution in [0.3, 0.4) is 0 Å². The van der Waals surface area contributed by atoms with E-state index in [1.807, 2.05) is 25.1 Å². The number of halogens is 1. The minimum absolute atomic E-state index is 0.0652. The largest absolute Gasteiger partial charge is 0.492 e. The molecule has 2 aliphatic heterocycles. The minimum atomic E-state index is -3.14. The quantitative estimate of drug-likeness (QED) is 0.600. The summed E-state index contributed by atoms with van der Waals surface area (Å²) in [6.07, 6.45) is 0. The smallest absolute Gasteiger partial charge is 0.275 e. The third-order valence-electron chi connectivity index (χ3n) is 5.02. The highest BCUT2D eigenvalue weighted by Crippen LogP contribution is 2.27. The second-order valence-corrected chi connectivity index (χ2v) is 9.80. The molecule has 0 bridgehead atoms. The van der Waals surface area contributed by atoms with Crippen LogP contribution < -0.4 is 19.9 Å². The molecule has 2 fully saturated rings. The number of hydrogen-bond acceptors (Lipinski definition) is 5. The average Bonchev–Trinajstić information content (AvgIpc) is 2.88. The molecule has 0 spiro atoms. The number of hydrogen-bond donors (Lipinski definition) is 2. The van der Waals surface area contributed by atoms with Gasteiger partial charge in [-0.05, 0) is 19.1 Å². The molecular formula is C18H27ClN3O4S+. The van der Waals surface area contributed by atoms with Gasteiger partial charge in [0.25, 0.3) is 5.91 Å². The van der Waals surface area contributed by atoms with E-state index in [0.717, 1.165) is 37.6 Å². The SMILES string of the molecule is CCOc1ccccc1N1CC[NH+](CC(=O)N[C@H]2CS(=O)(=O)C[C@H]2Cl)CC1. The van der Waals surface area contributed by atoms with Crippen molar-refractivity contribution in [3.05, 3.63) is 24.3 Å². The van der Waals surface area contributed by atoms with Crippen molar-refractivity contribution in [1.82, 2.24) is 5.32 Å². The van der Waals surface area contributed by atoms with E-state index in [1.54, 1.807) is 0 Å². The first-order valence-electron chi connectivity index (χ1n) is 9.32. The number of nitrogens with one attached hydrogen (secondary N) is 2. The molecule has 0 aromatic heterocycles. The topological polar surface area (TPSA) is 80.2 Å². The van der Waals surface area contributed by atoms with Crippen molar-refractivity contribution in [1.29, 1.82) is 0 Å². The zero-order chi connectivity index (χ0) is 19.4. The number of carbonyl (C=O) groups is 1. The van der Waals surface area contributed by atoms with Crippen LogP contribution in [0.4, 0.5) is 5.69 Å². The van der Waals surface area contributed by atoms with Crippen LogP contribution in [-0.2, 0) is 14.6 Å². The predicted octanol–water partition coefficient (Wildman–Crippen LogP) is -0.689. The molecule has 1 amide bonds. The van der Waals surface area contributed by atoms with E-state index >= 15 is 0 Å². The lowest BCUT2D eigenvalue weighted by atomic mass is 10.2. The highest BCUT2D eigenvalue weighted by atomic mass is 35.5. The van der Waals surface area contributed by atoms with E-state index in [9.17, 15) is 13.2 Å². The Morgan fingerprint density at radius 3 is 2.63 bits per heavy atom. The number of piperazine rings is 1. The fraction of sp³-hybridized carbons (Fsp3) is 0.611. The van der Waals surface area contributed by atoms with Crippen molar-refractivity contribution in [3.63, 3.8) is 0 Å². The summed E-state index contributed by atoms with van der Waals surface area (Å²) in [6.45, 7) is 6.27. The normalized spacial score (nSPS) is 25.3. The maximum Gasteiger partial charge on any atom is 0.275 e. The number of sulfone groups is 1. The summed E-state index contributed by atoms with van der Waals surface area (Å²) in [5.41, 5.74) is 1.09. The third kappa shape index (κ3) is 5.27. The first kappa shape index (κ1) is 20.2. The van der Waals surface area contributed by atoms with Crippen molar-refractivity contribution in [2.75, 3.05) is 55.7 Å². The molecule has 2 saturated heterocycles. The van der Waals surface area contributed by atoms with Gasteiger partial charge in [0, 0.05) is 0 Å². The van der Waals surface area contributed by atoms with Crippen LogP contribution in [-0.4, -0.2) is 76.6 Å². The number of quaternary nitrogens is 1. The Labute approximate surface area is 165 Å². The van der Waals surface area contributed by atoms with E-state index in [4.69, 9.17) is 16.3 Å². The Bertz CT molecular complexity index is 766. The Morgan fingerprint density at radius 2 is 2.00 bits per heavy atom. The van der Waals surface area contributed by atoms with Gasteiger partial charge in [0.1, 0.15) is 5.75 Å². The zero-order valence-electron chi connectivity index (χ0n) is 15.5. The van der Waals surface area contributed by atoms with Gasteiger partial charge in [0.2, 0.25) is 0 Å². The van der Waals surface area contributed by atoms with Gasteiger partial charge in [-0.25, -0.2) is 8.42 Å². The van der Waals surface area contributed by atoms with Crippen LogP contribution in [0.2, 0.25) is 0 Å². The lowest BCUT2D eigenvalue weighted by Gasteiger charge is -2.34. The molecular weight excluding hydrogens is 390 g/mol. The molecule has 2 heterocycles. The van der Waals surface area contributed by atoms with E-state index in [-0.39, 0.29) is 17.4 Å². The number of rotatable bonds is 6. The van der Waals surface area contributed by atoms with Crippen LogP contribution in [0.5, 0.6) is 5.75 Å².